The van der Waals surface area contributed by atoms with Gasteiger partial charge < -0.3 is 10.2 Å². The van der Waals surface area contributed by atoms with Crippen molar-refractivity contribution < 1.29 is 13.2 Å². The quantitative estimate of drug-likeness (QED) is 0.864. The SMILES string of the molecule is CS(=O)(=O)c1ccc(C(=O)N2CC[C@H]3CNC[C@H]32)cc1. The maximum absolute atomic E-state index is 12.5. The minimum atomic E-state index is -3.21. The number of hydrogen-bond acceptors (Lipinski definition) is 4. The van der Waals surface area contributed by atoms with Crippen molar-refractivity contribution in [3.05, 3.63) is 29.8 Å². The molecule has 2 aliphatic heterocycles. The molecule has 20 heavy (non-hydrogen) atoms. The number of nitrogens with zero attached hydrogens (tertiary/aromatic N) is 1. The first-order valence-electron chi connectivity index (χ1n) is 6.78. The van der Waals surface area contributed by atoms with Gasteiger partial charge in [-0.3, -0.25) is 4.79 Å². The molecule has 2 heterocycles. The Kier molecular flexibility index (Phi) is 3.30. The standard InChI is InChI=1S/C14H18N2O3S/c1-20(18,19)12-4-2-10(3-5-12)14(17)16-7-6-11-8-15-9-13(11)16/h2-5,11,13,15H,6-9H2,1H3/t11-,13+/m0/s1. The van der Waals surface area contributed by atoms with Crippen molar-refractivity contribution in [1.82, 2.24) is 10.2 Å². The summed E-state index contributed by atoms with van der Waals surface area (Å²) in [5.74, 6) is 0.565. The lowest BCUT2D eigenvalue weighted by Gasteiger charge is -2.23. The molecule has 2 fully saturated rings. The Labute approximate surface area is 118 Å². The minimum Gasteiger partial charge on any atom is -0.334 e. The van der Waals surface area contributed by atoms with Gasteiger partial charge in [-0.2, -0.15) is 0 Å². The summed E-state index contributed by atoms with van der Waals surface area (Å²) >= 11 is 0. The number of carbonyl (C=O) groups is 1. The van der Waals surface area contributed by atoms with Gasteiger partial charge in [-0.15, -0.1) is 0 Å². The van der Waals surface area contributed by atoms with Crippen molar-refractivity contribution in [3.8, 4) is 0 Å². The minimum absolute atomic E-state index is 0.00116. The molecular weight excluding hydrogens is 276 g/mol. The number of rotatable bonds is 2. The zero-order chi connectivity index (χ0) is 14.3. The molecule has 0 radical (unpaired) electrons. The van der Waals surface area contributed by atoms with Crippen LogP contribution in [0.1, 0.15) is 16.8 Å². The van der Waals surface area contributed by atoms with E-state index in [4.69, 9.17) is 0 Å². The van der Waals surface area contributed by atoms with Gasteiger partial charge in [0.2, 0.25) is 0 Å². The Bertz CT molecular complexity index is 624. The predicted molar refractivity (Wildman–Crippen MR) is 75.4 cm³/mol. The van der Waals surface area contributed by atoms with Crippen molar-refractivity contribution in [2.45, 2.75) is 17.4 Å². The molecule has 1 aromatic carbocycles. The lowest BCUT2D eigenvalue weighted by molar-refractivity contribution is 0.0737. The van der Waals surface area contributed by atoms with Gasteiger partial charge in [-0.05, 0) is 36.6 Å². The van der Waals surface area contributed by atoms with E-state index in [-0.39, 0.29) is 16.8 Å². The van der Waals surface area contributed by atoms with Crippen LogP contribution in [0.3, 0.4) is 0 Å². The zero-order valence-corrected chi connectivity index (χ0v) is 12.2. The van der Waals surface area contributed by atoms with Crippen molar-refractivity contribution in [3.63, 3.8) is 0 Å². The molecule has 0 aliphatic carbocycles. The van der Waals surface area contributed by atoms with Gasteiger partial charge in [0.05, 0.1) is 4.90 Å². The number of fused-ring (bicyclic) bond motifs is 1. The van der Waals surface area contributed by atoms with Crippen molar-refractivity contribution in [1.29, 1.82) is 0 Å². The Balaban J connectivity index is 1.81. The van der Waals surface area contributed by atoms with Crippen molar-refractivity contribution in [2.75, 3.05) is 25.9 Å². The average molecular weight is 294 g/mol. The molecule has 1 aromatic rings. The fourth-order valence-corrected chi connectivity index (χ4v) is 3.74. The third-order valence-corrected chi connectivity index (χ3v) is 5.36. The van der Waals surface area contributed by atoms with E-state index in [0.717, 1.165) is 26.1 Å². The maximum atomic E-state index is 12.5. The maximum Gasteiger partial charge on any atom is 0.254 e. The molecule has 1 N–H and O–H groups in total. The summed E-state index contributed by atoms with van der Waals surface area (Å²) in [5, 5.41) is 3.32. The first-order chi connectivity index (χ1) is 9.47. The van der Waals surface area contributed by atoms with E-state index in [0.29, 0.717) is 11.5 Å². The second-order valence-electron chi connectivity index (χ2n) is 5.57. The Hall–Kier alpha value is -1.40. The highest BCUT2D eigenvalue weighted by Gasteiger charge is 2.40. The van der Waals surface area contributed by atoms with Crippen LogP contribution in [0.25, 0.3) is 0 Å². The molecule has 0 saturated carbocycles. The summed E-state index contributed by atoms with van der Waals surface area (Å²) in [6, 6.07) is 6.51. The van der Waals surface area contributed by atoms with Crippen LogP contribution in [-0.2, 0) is 9.84 Å². The molecule has 108 valence electrons. The van der Waals surface area contributed by atoms with E-state index in [9.17, 15) is 13.2 Å². The lowest BCUT2D eigenvalue weighted by Crippen LogP contribution is -2.39. The fraction of sp³-hybridized carbons (Fsp3) is 0.500. The number of likely N-dealkylation sites (tertiary alicyclic amines) is 1. The largest absolute Gasteiger partial charge is 0.334 e. The molecule has 0 spiro atoms. The Morgan fingerprint density at radius 1 is 1.25 bits per heavy atom. The second kappa shape index (κ2) is 4.86. The summed E-state index contributed by atoms with van der Waals surface area (Å²) in [6.07, 6.45) is 2.21. The monoisotopic (exact) mass is 294 g/mol. The van der Waals surface area contributed by atoms with Crippen LogP contribution in [0.15, 0.2) is 29.2 Å². The van der Waals surface area contributed by atoms with Gasteiger partial charge >= 0.3 is 0 Å². The van der Waals surface area contributed by atoms with Gasteiger partial charge in [0.15, 0.2) is 9.84 Å². The van der Waals surface area contributed by atoms with Crippen molar-refractivity contribution in [2.24, 2.45) is 5.92 Å². The summed E-state index contributed by atoms with van der Waals surface area (Å²) < 4.78 is 22.8. The molecule has 3 rings (SSSR count). The number of benzene rings is 1. The number of carbonyl (C=O) groups excluding carboxylic acids is 1. The average Bonchev–Trinajstić information content (AvgIpc) is 2.99. The fourth-order valence-electron chi connectivity index (χ4n) is 3.11. The number of hydrogen-bond donors (Lipinski definition) is 1. The van der Waals surface area contributed by atoms with Crippen molar-refractivity contribution >= 4 is 15.7 Å². The highest BCUT2D eigenvalue weighted by molar-refractivity contribution is 7.90. The highest BCUT2D eigenvalue weighted by Crippen LogP contribution is 2.28. The highest BCUT2D eigenvalue weighted by atomic mass is 32.2. The topological polar surface area (TPSA) is 66.5 Å². The molecular formula is C14H18N2O3S. The van der Waals surface area contributed by atoms with Crippen LogP contribution in [0.4, 0.5) is 0 Å². The molecule has 1 amide bonds. The van der Waals surface area contributed by atoms with Crippen LogP contribution in [0, 0.1) is 5.92 Å². The van der Waals surface area contributed by atoms with E-state index < -0.39 is 9.84 Å². The predicted octanol–water partition coefficient (Wildman–Crippen LogP) is 0.524. The van der Waals surface area contributed by atoms with Gasteiger partial charge in [0.25, 0.3) is 5.91 Å². The van der Waals surface area contributed by atoms with Gasteiger partial charge in [0, 0.05) is 37.5 Å². The van der Waals surface area contributed by atoms with E-state index in [1.54, 1.807) is 12.1 Å². The molecule has 2 aliphatic rings. The molecule has 6 heteroatoms. The van der Waals surface area contributed by atoms with E-state index in [2.05, 4.69) is 5.32 Å². The first kappa shape index (κ1) is 13.6. The lowest BCUT2D eigenvalue weighted by atomic mass is 10.0. The van der Waals surface area contributed by atoms with Gasteiger partial charge in [0.1, 0.15) is 0 Å². The summed E-state index contributed by atoms with van der Waals surface area (Å²) in [4.78, 5) is 14.7. The van der Waals surface area contributed by atoms with Gasteiger partial charge in [-0.25, -0.2) is 8.42 Å². The van der Waals surface area contributed by atoms with Gasteiger partial charge in [-0.1, -0.05) is 0 Å². The number of sulfone groups is 1. The third-order valence-electron chi connectivity index (χ3n) is 4.24. The smallest absolute Gasteiger partial charge is 0.254 e. The molecule has 0 bridgehead atoms. The first-order valence-corrected chi connectivity index (χ1v) is 8.68. The molecule has 0 unspecified atom stereocenters. The molecule has 0 aromatic heterocycles. The molecule has 2 atom stereocenters. The van der Waals surface area contributed by atoms with E-state index >= 15 is 0 Å². The summed E-state index contributed by atoms with van der Waals surface area (Å²) in [7, 11) is -3.21. The van der Waals surface area contributed by atoms with Crippen LogP contribution >= 0.6 is 0 Å². The molecule has 5 nitrogen and oxygen atoms in total. The molecule has 2 saturated heterocycles. The van der Waals surface area contributed by atoms with Crippen LogP contribution in [0.5, 0.6) is 0 Å². The number of nitrogens with one attached hydrogen (secondary N) is 1. The normalized spacial score (nSPS) is 25.8. The second-order valence-corrected chi connectivity index (χ2v) is 7.59. The summed E-state index contributed by atoms with van der Waals surface area (Å²) in [5.41, 5.74) is 0.560. The zero-order valence-electron chi connectivity index (χ0n) is 11.4. The van der Waals surface area contributed by atoms with E-state index in [1.165, 1.54) is 18.4 Å². The van der Waals surface area contributed by atoms with Crippen LogP contribution in [-0.4, -0.2) is 51.2 Å². The van der Waals surface area contributed by atoms with E-state index in [1.807, 2.05) is 4.90 Å². The van der Waals surface area contributed by atoms with Crippen LogP contribution < -0.4 is 5.32 Å². The Morgan fingerprint density at radius 2 is 1.95 bits per heavy atom. The third kappa shape index (κ3) is 2.33. The summed E-state index contributed by atoms with van der Waals surface area (Å²) in [6.45, 7) is 2.64. The van der Waals surface area contributed by atoms with Crippen LogP contribution in [0.2, 0.25) is 0 Å². The Morgan fingerprint density at radius 3 is 2.60 bits per heavy atom. The number of amides is 1.